The highest BCUT2D eigenvalue weighted by Crippen LogP contribution is 2.12. The molecule has 0 aliphatic carbocycles. The first-order valence-corrected chi connectivity index (χ1v) is 6.52. The number of nitrogens with two attached hydrogens (primary N) is 1. The Morgan fingerprint density at radius 1 is 1.76 bits per heavy atom. The van der Waals surface area contributed by atoms with E-state index in [1.54, 1.807) is 13.2 Å². The molecule has 0 spiro atoms. The summed E-state index contributed by atoms with van der Waals surface area (Å²) in [7, 11) is 1.70. The van der Waals surface area contributed by atoms with Crippen molar-refractivity contribution >= 4 is 23.4 Å². The van der Waals surface area contributed by atoms with E-state index in [-0.39, 0.29) is 29.5 Å². The molecule has 0 saturated carbocycles. The summed E-state index contributed by atoms with van der Waals surface area (Å²) in [5.41, 5.74) is 6.23. The lowest BCUT2D eigenvalue weighted by Gasteiger charge is -2.20. The predicted molar refractivity (Wildman–Crippen MR) is 68.9 cm³/mol. The summed E-state index contributed by atoms with van der Waals surface area (Å²) in [6.07, 6.45) is 3.47. The number of aliphatic hydroxyl groups is 1. The van der Waals surface area contributed by atoms with Crippen molar-refractivity contribution in [3.05, 3.63) is 11.9 Å². The second kappa shape index (κ2) is 5.92. The number of carbonyl (C=O) groups excluding carboxylic acids is 1. The quantitative estimate of drug-likeness (QED) is 0.682. The molecule has 17 heavy (non-hydrogen) atoms. The van der Waals surface area contributed by atoms with Gasteiger partial charge in [0.25, 0.3) is 5.91 Å². The molecule has 0 aliphatic rings. The van der Waals surface area contributed by atoms with Crippen LogP contribution >= 0.6 is 11.8 Å². The van der Waals surface area contributed by atoms with Crippen molar-refractivity contribution in [1.29, 1.82) is 0 Å². The third kappa shape index (κ3) is 3.37. The Morgan fingerprint density at radius 2 is 2.41 bits per heavy atom. The van der Waals surface area contributed by atoms with E-state index in [4.69, 9.17) is 10.8 Å². The number of carbonyl (C=O) groups is 1. The van der Waals surface area contributed by atoms with Crippen molar-refractivity contribution < 1.29 is 9.90 Å². The van der Waals surface area contributed by atoms with Gasteiger partial charge in [-0.2, -0.15) is 16.9 Å². The number of amides is 1. The van der Waals surface area contributed by atoms with Crippen LogP contribution < -0.4 is 11.1 Å². The minimum atomic E-state index is -0.317. The fourth-order valence-corrected chi connectivity index (χ4v) is 2.11. The Bertz CT molecular complexity index is 390. The van der Waals surface area contributed by atoms with Crippen LogP contribution in [-0.4, -0.2) is 44.9 Å². The van der Waals surface area contributed by atoms with Gasteiger partial charge >= 0.3 is 0 Å². The van der Waals surface area contributed by atoms with E-state index in [0.717, 1.165) is 0 Å². The molecule has 1 heterocycles. The predicted octanol–water partition coefficient (Wildman–Crippen LogP) is -0.156. The first-order chi connectivity index (χ1) is 7.99. The minimum Gasteiger partial charge on any atom is -0.396 e. The molecule has 7 heteroatoms. The summed E-state index contributed by atoms with van der Waals surface area (Å²) in [5, 5.41) is 15.8. The van der Waals surface area contributed by atoms with Gasteiger partial charge in [0.1, 0.15) is 0 Å². The number of nitrogens with one attached hydrogen (secondary N) is 1. The summed E-state index contributed by atoms with van der Waals surface area (Å²) in [6.45, 7) is 1.86. The maximum absolute atomic E-state index is 11.9. The lowest BCUT2D eigenvalue weighted by molar-refractivity contribution is 0.0931. The molecule has 0 bridgehead atoms. The molecule has 6 nitrogen and oxygen atoms in total. The lowest BCUT2D eigenvalue weighted by atomic mass is 10.2. The van der Waals surface area contributed by atoms with Gasteiger partial charge in [0.05, 0.1) is 12.3 Å². The standard InChI is InChI=1S/C10H18N4O2S/c1-6(8(5-15)17-3)12-10(16)9-7(11)4-14(2)13-9/h4,6,8,15H,5,11H2,1-3H3,(H,12,16). The monoisotopic (exact) mass is 258 g/mol. The van der Waals surface area contributed by atoms with Crippen molar-refractivity contribution in [2.24, 2.45) is 7.05 Å². The summed E-state index contributed by atoms with van der Waals surface area (Å²) in [5.74, 6) is -0.317. The van der Waals surface area contributed by atoms with Crippen molar-refractivity contribution in [2.45, 2.75) is 18.2 Å². The normalized spacial score (nSPS) is 14.4. The number of hydrogen-bond donors (Lipinski definition) is 3. The molecule has 2 atom stereocenters. The van der Waals surface area contributed by atoms with Crippen molar-refractivity contribution in [2.75, 3.05) is 18.6 Å². The number of hydrogen-bond acceptors (Lipinski definition) is 5. The molecule has 4 N–H and O–H groups in total. The highest BCUT2D eigenvalue weighted by molar-refractivity contribution is 7.99. The van der Waals surface area contributed by atoms with Crippen LogP contribution in [0.3, 0.4) is 0 Å². The van der Waals surface area contributed by atoms with Crippen molar-refractivity contribution in [3.8, 4) is 0 Å². The molecule has 1 rings (SSSR count). The van der Waals surface area contributed by atoms with E-state index in [0.29, 0.717) is 5.69 Å². The average Bonchev–Trinajstić information content (AvgIpc) is 2.59. The second-order valence-electron chi connectivity index (χ2n) is 3.83. The number of nitrogen functional groups attached to an aromatic ring is 1. The van der Waals surface area contributed by atoms with Crippen LogP contribution in [-0.2, 0) is 7.05 Å². The highest BCUT2D eigenvalue weighted by atomic mass is 32.2. The number of aliphatic hydroxyl groups excluding tert-OH is 1. The summed E-state index contributed by atoms with van der Waals surface area (Å²) in [4.78, 5) is 11.9. The van der Waals surface area contributed by atoms with Crippen LogP contribution in [0.4, 0.5) is 5.69 Å². The van der Waals surface area contributed by atoms with E-state index < -0.39 is 0 Å². The molecule has 2 unspecified atom stereocenters. The van der Waals surface area contributed by atoms with Crippen LogP contribution in [0, 0.1) is 0 Å². The highest BCUT2D eigenvalue weighted by Gasteiger charge is 2.21. The fourth-order valence-electron chi connectivity index (χ4n) is 1.49. The minimum absolute atomic E-state index is 0.0142. The summed E-state index contributed by atoms with van der Waals surface area (Å²) in [6, 6.07) is -0.149. The molecule has 0 fully saturated rings. The Balaban J connectivity index is 2.69. The second-order valence-corrected chi connectivity index (χ2v) is 4.90. The number of thioether (sulfide) groups is 1. The molecule has 1 aromatic heterocycles. The van der Waals surface area contributed by atoms with Crippen molar-refractivity contribution in [3.63, 3.8) is 0 Å². The molecule has 96 valence electrons. The number of anilines is 1. The Hall–Kier alpha value is -1.21. The van der Waals surface area contributed by atoms with Gasteiger partial charge < -0.3 is 16.2 Å². The molecular weight excluding hydrogens is 240 g/mol. The van der Waals surface area contributed by atoms with E-state index in [1.807, 2.05) is 13.2 Å². The van der Waals surface area contributed by atoms with Gasteiger partial charge in [-0.15, -0.1) is 0 Å². The van der Waals surface area contributed by atoms with Crippen LogP contribution in [0.1, 0.15) is 17.4 Å². The van der Waals surface area contributed by atoms with Gasteiger partial charge in [0.15, 0.2) is 5.69 Å². The van der Waals surface area contributed by atoms with Gasteiger partial charge in [-0.1, -0.05) is 0 Å². The molecule has 1 amide bonds. The SMILES string of the molecule is CSC(CO)C(C)NC(=O)c1nn(C)cc1N. The number of aryl methyl sites for hydroxylation is 1. The van der Waals surface area contributed by atoms with E-state index >= 15 is 0 Å². The van der Waals surface area contributed by atoms with E-state index in [2.05, 4.69) is 10.4 Å². The zero-order chi connectivity index (χ0) is 13.0. The maximum Gasteiger partial charge on any atom is 0.274 e. The molecular formula is C10H18N4O2S. The largest absolute Gasteiger partial charge is 0.396 e. The topological polar surface area (TPSA) is 93.2 Å². The summed E-state index contributed by atoms with van der Waals surface area (Å²) < 4.78 is 1.49. The molecule has 0 aliphatic heterocycles. The van der Waals surface area contributed by atoms with Gasteiger partial charge in [0.2, 0.25) is 0 Å². The zero-order valence-corrected chi connectivity index (χ0v) is 11.0. The van der Waals surface area contributed by atoms with Gasteiger partial charge in [-0.25, -0.2) is 0 Å². The summed E-state index contributed by atoms with van der Waals surface area (Å²) >= 11 is 1.50. The Morgan fingerprint density at radius 3 is 2.82 bits per heavy atom. The Labute approximate surface area is 105 Å². The van der Waals surface area contributed by atoms with Crippen LogP contribution in [0.25, 0.3) is 0 Å². The van der Waals surface area contributed by atoms with Crippen LogP contribution in [0.15, 0.2) is 6.20 Å². The van der Waals surface area contributed by atoms with E-state index in [9.17, 15) is 4.79 Å². The average molecular weight is 258 g/mol. The molecule has 0 radical (unpaired) electrons. The first-order valence-electron chi connectivity index (χ1n) is 5.23. The number of aromatic nitrogens is 2. The molecule has 0 aromatic carbocycles. The van der Waals surface area contributed by atoms with Crippen molar-refractivity contribution in [1.82, 2.24) is 15.1 Å². The number of rotatable bonds is 5. The molecule has 0 saturated heterocycles. The van der Waals surface area contributed by atoms with Crippen LogP contribution in [0.2, 0.25) is 0 Å². The van der Waals surface area contributed by atoms with Crippen LogP contribution in [0.5, 0.6) is 0 Å². The van der Waals surface area contributed by atoms with Gasteiger partial charge in [0, 0.05) is 24.5 Å². The number of nitrogens with zero attached hydrogens (tertiary/aromatic N) is 2. The third-order valence-corrected chi connectivity index (χ3v) is 3.63. The molecule has 1 aromatic rings. The smallest absolute Gasteiger partial charge is 0.274 e. The van der Waals surface area contributed by atoms with Gasteiger partial charge in [-0.3, -0.25) is 9.48 Å². The fraction of sp³-hybridized carbons (Fsp3) is 0.600. The third-order valence-electron chi connectivity index (χ3n) is 2.47. The van der Waals surface area contributed by atoms with Gasteiger partial charge in [-0.05, 0) is 13.2 Å². The van der Waals surface area contributed by atoms with E-state index in [1.165, 1.54) is 16.4 Å². The zero-order valence-electron chi connectivity index (χ0n) is 10.2. The lowest BCUT2D eigenvalue weighted by Crippen LogP contribution is -2.41. The first kappa shape index (κ1) is 13.9. The maximum atomic E-state index is 11.9. The Kier molecular flexibility index (Phi) is 4.83.